The molecule has 0 aliphatic rings. The molecular formula is C85H146O17P2. The smallest absolute Gasteiger partial charge is 0.462 e. The van der Waals surface area contributed by atoms with Crippen LogP contribution in [0.25, 0.3) is 0 Å². The van der Waals surface area contributed by atoms with Gasteiger partial charge in [-0.15, -0.1) is 0 Å². The van der Waals surface area contributed by atoms with Gasteiger partial charge in [-0.1, -0.05) is 278 Å². The van der Waals surface area contributed by atoms with Crippen molar-refractivity contribution in [1.29, 1.82) is 0 Å². The van der Waals surface area contributed by atoms with Gasteiger partial charge >= 0.3 is 39.5 Å². The van der Waals surface area contributed by atoms with Gasteiger partial charge in [0.1, 0.15) is 19.3 Å². The Kier molecular flexibility index (Phi) is 73.3. The van der Waals surface area contributed by atoms with Gasteiger partial charge in [-0.3, -0.25) is 37.3 Å². The zero-order chi connectivity index (χ0) is 76.0. The van der Waals surface area contributed by atoms with Crippen molar-refractivity contribution in [2.75, 3.05) is 39.6 Å². The van der Waals surface area contributed by atoms with Gasteiger partial charge in [0.05, 0.1) is 26.4 Å². The highest BCUT2D eigenvalue weighted by molar-refractivity contribution is 7.47. The van der Waals surface area contributed by atoms with Crippen LogP contribution in [0.5, 0.6) is 0 Å². The van der Waals surface area contributed by atoms with Gasteiger partial charge in [0.15, 0.2) is 12.2 Å². The van der Waals surface area contributed by atoms with E-state index >= 15 is 0 Å². The molecule has 17 nitrogen and oxygen atoms in total. The zero-order valence-electron chi connectivity index (χ0n) is 65.4. The third kappa shape index (κ3) is 75.7. The summed E-state index contributed by atoms with van der Waals surface area (Å²) in [6, 6.07) is 0. The van der Waals surface area contributed by atoms with E-state index in [2.05, 4.69) is 149 Å². The number of phosphoric acid groups is 2. The Balaban J connectivity index is 5.40. The lowest BCUT2D eigenvalue weighted by atomic mass is 10.1. The molecule has 0 aromatic rings. The van der Waals surface area contributed by atoms with E-state index in [0.717, 1.165) is 199 Å². The number of carbonyl (C=O) groups excluding carboxylic acids is 4. The first-order valence-electron chi connectivity index (χ1n) is 40.8. The number of aliphatic hydroxyl groups excluding tert-OH is 1. The van der Waals surface area contributed by atoms with Crippen molar-refractivity contribution < 1.29 is 80.2 Å². The molecule has 0 saturated carbocycles. The number of carbonyl (C=O) groups is 4. The molecule has 0 spiro atoms. The number of phosphoric ester groups is 2. The highest BCUT2D eigenvalue weighted by Gasteiger charge is 2.30. The number of unbranched alkanes of at least 4 members (excludes halogenated alkanes) is 30. The molecule has 5 atom stereocenters. The molecule has 0 rings (SSSR count). The Bertz CT molecular complexity index is 2440. The average Bonchev–Trinajstić information content (AvgIpc) is 0.937. The Morgan fingerprint density at radius 1 is 0.279 bits per heavy atom. The van der Waals surface area contributed by atoms with Crippen LogP contribution in [0.3, 0.4) is 0 Å². The largest absolute Gasteiger partial charge is 0.472 e. The molecule has 0 aliphatic carbocycles. The second-order valence-corrected chi connectivity index (χ2v) is 29.8. The van der Waals surface area contributed by atoms with E-state index in [1.165, 1.54) is 57.8 Å². The van der Waals surface area contributed by atoms with Crippen molar-refractivity contribution in [1.82, 2.24) is 0 Å². The van der Waals surface area contributed by atoms with Gasteiger partial charge in [-0.2, -0.15) is 0 Å². The van der Waals surface area contributed by atoms with Crippen molar-refractivity contribution >= 4 is 39.5 Å². The SMILES string of the molecule is CC/C=C\C/C=C\C/C=C\C/C=C\CCCCCCC(=O)OCC(COP(=O)(O)OCC(O)COP(=O)(O)OCC(COC(=O)CCCCCCCCC/C=C\C/C=C\C/C=C\CC)OC(=O)CCCCCCC/C=C\CCCCCCCC)OC(=O)CCCCCCC/C=C\C/C=C\CCCCC. The quantitative estimate of drug-likeness (QED) is 0.0169. The molecule has 0 aromatic heterocycles. The number of hydrogen-bond acceptors (Lipinski definition) is 15. The highest BCUT2D eigenvalue weighted by atomic mass is 31.2. The highest BCUT2D eigenvalue weighted by Crippen LogP contribution is 2.45. The molecular weight excluding hydrogens is 1350 g/mol. The molecule has 0 heterocycles. The van der Waals surface area contributed by atoms with Crippen LogP contribution < -0.4 is 0 Å². The van der Waals surface area contributed by atoms with Crippen LogP contribution in [-0.4, -0.2) is 96.7 Å². The van der Waals surface area contributed by atoms with Gasteiger partial charge in [-0.05, 0) is 154 Å². The van der Waals surface area contributed by atoms with E-state index in [0.29, 0.717) is 25.7 Å². The molecule has 5 unspecified atom stereocenters. The number of ether oxygens (including phenoxy) is 4. The Morgan fingerprint density at radius 3 is 0.798 bits per heavy atom. The lowest BCUT2D eigenvalue weighted by molar-refractivity contribution is -0.161. The van der Waals surface area contributed by atoms with Crippen molar-refractivity contribution in [3.05, 3.63) is 122 Å². The number of rotatable bonds is 76. The lowest BCUT2D eigenvalue weighted by Gasteiger charge is -2.21. The first kappa shape index (κ1) is 99.5. The van der Waals surface area contributed by atoms with E-state index in [1.54, 1.807) is 0 Å². The number of hydrogen-bond donors (Lipinski definition) is 3. The molecule has 104 heavy (non-hydrogen) atoms. The lowest BCUT2D eigenvalue weighted by Crippen LogP contribution is -2.30. The fourth-order valence-corrected chi connectivity index (χ4v) is 12.3. The van der Waals surface area contributed by atoms with Gasteiger partial charge < -0.3 is 33.8 Å². The molecule has 598 valence electrons. The van der Waals surface area contributed by atoms with Gasteiger partial charge in [0, 0.05) is 25.7 Å². The van der Waals surface area contributed by atoms with Crippen molar-refractivity contribution in [3.8, 4) is 0 Å². The Hall–Kier alpha value is -4.54. The topological polar surface area (TPSA) is 237 Å². The summed E-state index contributed by atoms with van der Waals surface area (Å²) in [6.45, 7) is 4.59. The Morgan fingerprint density at radius 2 is 0.500 bits per heavy atom. The second-order valence-electron chi connectivity index (χ2n) is 26.9. The van der Waals surface area contributed by atoms with Crippen LogP contribution in [-0.2, 0) is 65.4 Å². The minimum atomic E-state index is -4.99. The van der Waals surface area contributed by atoms with E-state index < -0.39 is 97.5 Å². The minimum Gasteiger partial charge on any atom is -0.462 e. The predicted molar refractivity (Wildman–Crippen MR) is 427 cm³/mol. The van der Waals surface area contributed by atoms with Crippen LogP contribution in [0.15, 0.2) is 122 Å². The third-order valence-electron chi connectivity index (χ3n) is 16.9. The number of aliphatic hydroxyl groups is 1. The van der Waals surface area contributed by atoms with Crippen LogP contribution in [0.1, 0.15) is 336 Å². The van der Waals surface area contributed by atoms with Crippen molar-refractivity contribution in [2.45, 2.75) is 354 Å². The van der Waals surface area contributed by atoms with E-state index in [1.807, 2.05) is 0 Å². The first-order chi connectivity index (χ1) is 50.7. The summed E-state index contributed by atoms with van der Waals surface area (Å²) in [4.78, 5) is 73.1. The molecule has 0 bridgehead atoms. The number of esters is 4. The van der Waals surface area contributed by atoms with Crippen molar-refractivity contribution in [2.24, 2.45) is 0 Å². The summed E-state index contributed by atoms with van der Waals surface area (Å²) in [5, 5.41) is 10.7. The first-order valence-corrected chi connectivity index (χ1v) is 43.8. The minimum absolute atomic E-state index is 0.0713. The molecule has 0 radical (unpaired) electrons. The van der Waals surface area contributed by atoms with Crippen LogP contribution in [0.2, 0.25) is 0 Å². The molecule has 0 saturated heterocycles. The maximum absolute atomic E-state index is 13.1. The zero-order valence-corrected chi connectivity index (χ0v) is 67.2. The van der Waals surface area contributed by atoms with E-state index in [4.69, 9.17) is 37.0 Å². The predicted octanol–water partition coefficient (Wildman–Crippen LogP) is 23.9. The maximum atomic E-state index is 13.1. The molecule has 0 amide bonds. The van der Waals surface area contributed by atoms with E-state index in [-0.39, 0.29) is 25.7 Å². The normalized spacial score (nSPS) is 14.5. The monoisotopic (exact) mass is 1500 g/mol. The summed E-state index contributed by atoms with van der Waals surface area (Å²) in [7, 11) is -9.98. The van der Waals surface area contributed by atoms with Gasteiger partial charge in [0.2, 0.25) is 0 Å². The second kappa shape index (κ2) is 76.6. The van der Waals surface area contributed by atoms with Gasteiger partial charge in [0.25, 0.3) is 0 Å². The van der Waals surface area contributed by atoms with Crippen LogP contribution >= 0.6 is 15.6 Å². The molecule has 3 N–H and O–H groups in total. The summed E-state index contributed by atoms with van der Waals surface area (Å²) < 4.78 is 68.7. The third-order valence-corrected chi connectivity index (χ3v) is 18.8. The Labute approximate surface area is 632 Å². The fourth-order valence-electron chi connectivity index (χ4n) is 10.7. The van der Waals surface area contributed by atoms with E-state index in [9.17, 15) is 43.2 Å². The van der Waals surface area contributed by atoms with Gasteiger partial charge in [-0.25, -0.2) is 9.13 Å². The van der Waals surface area contributed by atoms with Crippen LogP contribution in [0.4, 0.5) is 0 Å². The average molecular weight is 1500 g/mol. The maximum Gasteiger partial charge on any atom is 0.472 e. The number of allylic oxidation sites excluding steroid dienone is 20. The fraction of sp³-hybridized carbons (Fsp3) is 0.718. The molecule has 0 fully saturated rings. The molecule has 0 aliphatic heterocycles. The molecule has 0 aromatic carbocycles. The summed E-state index contributed by atoms with van der Waals surface area (Å²) >= 11 is 0. The summed E-state index contributed by atoms with van der Waals surface area (Å²) in [5.74, 6) is -2.23. The molecule has 19 heteroatoms. The summed E-state index contributed by atoms with van der Waals surface area (Å²) in [6.07, 6.45) is 84.5. The standard InChI is InChI=1S/C85H146O17P2/c1-5-9-13-17-21-25-29-33-37-39-43-45-49-53-57-61-65-69-82(87)95-75-80(101-84(89)71-67-63-59-55-51-47-41-35-31-27-23-19-15-11-7-3)77-99-103(91,92)97-73-79(86)74-98-104(93,94)100-78-81(102-85(90)72-68-64-60-56-52-48-42-36-32-28-24-20-16-12-8-4)76-96-83(88)70-66-62-58-54-50-46-44-40-38-34-30-26-22-18-14-10-6-2/h9-10,13-14,21-23,25-27,33-38,41-43,45,79-81,86H,5-8,11-12,15-20,24,28-32,39-40,44,46-78H2,1-4H3,(H,91,92)(H,93,94)/b13-9-,14-10-,25-21-,26-22-,27-23-,37-33-,38-34-,41-35-,42-36-,45-43-. The van der Waals surface area contributed by atoms with Crippen molar-refractivity contribution in [3.63, 3.8) is 0 Å². The van der Waals surface area contributed by atoms with Crippen LogP contribution in [0, 0.1) is 0 Å². The summed E-state index contributed by atoms with van der Waals surface area (Å²) in [5.41, 5.74) is 0.